The van der Waals surface area contributed by atoms with Crippen molar-refractivity contribution in [3.8, 4) is 5.75 Å². The Kier molecular flexibility index (Phi) is 6.01. The zero-order valence-corrected chi connectivity index (χ0v) is 16.6. The molecule has 1 saturated heterocycles. The van der Waals surface area contributed by atoms with Crippen molar-refractivity contribution in [3.05, 3.63) is 51.7 Å². The average molecular weight is 427 g/mol. The van der Waals surface area contributed by atoms with Crippen molar-refractivity contribution in [1.29, 1.82) is 0 Å². The van der Waals surface area contributed by atoms with E-state index in [-0.39, 0.29) is 40.6 Å². The third kappa shape index (κ3) is 4.18. The molecule has 0 spiro atoms. The van der Waals surface area contributed by atoms with Gasteiger partial charge >= 0.3 is 5.69 Å². The number of aromatic nitrogens is 1. The van der Waals surface area contributed by atoms with Crippen molar-refractivity contribution < 1.29 is 18.1 Å². The van der Waals surface area contributed by atoms with Crippen LogP contribution in [0.25, 0.3) is 0 Å². The SMILES string of the molecule is COc1ccc(S(=O)(=O)N2CCC(Nc3ncccc3[N+](=O)[O-])CC2)cc1Cl. The normalized spacial score (nSPS) is 15.9. The van der Waals surface area contributed by atoms with Gasteiger partial charge in [0, 0.05) is 31.4 Å². The molecule has 11 heteroatoms. The summed E-state index contributed by atoms with van der Waals surface area (Å²) in [6.45, 7) is 0.564. The maximum absolute atomic E-state index is 12.9. The van der Waals surface area contributed by atoms with E-state index < -0.39 is 14.9 Å². The zero-order valence-electron chi connectivity index (χ0n) is 15.0. The number of ether oxygens (including phenoxy) is 1. The quantitative estimate of drug-likeness (QED) is 0.557. The number of hydrogen-bond donors (Lipinski definition) is 1. The molecule has 2 aromatic rings. The molecule has 0 radical (unpaired) electrons. The Morgan fingerprint density at radius 1 is 1.32 bits per heavy atom. The first-order valence-electron chi connectivity index (χ1n) is 8.52. The lowest BCUT2D eigenvalue weighted by Gasteiger charge is -2.31. The Labute approximate surface area is 167 Å². The van der Waals surface area contributed by atoms with Crippen LogP contribution in [0.5, 0.6) is 5.75 Å². The monoisotopic (exact) mass is 426 g/mol. The number of nitrogens with zero attached hydrogens (tertiary/aromatic N) is 3. The van der Waals surface area contributed by atoms with E-state index >= 15 is 0 Å². The fourth-order valence-electron chi connectivity index (χ4n) is 3.05. The van der Waals surface area contributed by atoms with Crippen LogP contribution in [0.1, 0.15) is 12.8 Å². The topological polar surface area (TPSA) is 115 Å². The number of piperidine rings is 1. The molecule has 3 rings (SSSR count). The molecule has 2 heterocycles. The molecule has 1 fully saturated rings. The molecule has 0 amide bonds. The molecule has 28 heavy (non-hydrogen) atoms. The van der Waals surface area contributed by atoms with Crippen molar-refractivity contribution >= 4 is 33.1 Å². The summed E-state index contributed by atoms with van der Waals surface area (Å²) >= 11 is 6.05. The molecule has 0 unspecified atom stereocenters. The number of pyridine rings is 1. The van der Waals surface area contributed by atoms with Gasteiger partial charge in [-0.3, -0.25) is 10.1 Å². The molecule has 1 aliphatic heterocycles. The molecule has 0 atom stereocenters. The van der Waals surface area contributed by atoms with Crippen LogP contribution >= 0.6 is 11.6 Å². The van der Waals surface area contributed by atoms with Gasteiger partial charge in [0.25, 0.3) is 0 Å². The van der Waals surface area contributed by atoms with Gasteiger partial charge in [-0.25, -0.2) is 13.4 Å². The van der Waals surface area contributed by atoms with Crippen molar-refractivity contribution in [3.63, 3.8) is 0 Å². The lowest BCUT2D eigenvalue weighted by molar-refractivity contribution is -0.384. The molecular formula is C17H19ClN4O5S. The van der Waals surface area contributed by atoms with Gasteiger partial charge in [-0.15, -0.1) is 0 Å². The summed E-state index contributed by atoms with van der Waals surface area (Å²) in [6, 6.07) is 7.11. The van der Waals surface area contributed by atoms with Gasteiger partial charge in [0.15, 0.2) is 0 Å². The highest BCUT2D eigenvalue weighted by atomic mass is 35.5. The number of sulfonamides is 1. The van der Waals surface area contributed by atoms with Gasteiger partial charge in [-0.2, -0.15) is 4.31 Å². The van der Waals surface area contributed by atoms with Crippen LogP contribution < -0.4 is 10.1 Å². The first-order chi connectivity index (χ1) is 13.3. The number of hydrogen-bond acceptors (Lipinski definition) is 7. The Bertz CT molecular complexity index is 977. The molecule has 1 aromatic heterocycles. The van der Waals surface area contributed by atoms with E-state index in [1.165, 1.54) is 47.9 Å². The van der Waals surface area contributed by atoms with E-state index in [1.54, 1.807) is 0 Å². The summed E-state index contributed by atoms with van der Waals surface area (Å²) < 4.78 is 32.1. The second kappa shape index (κ2) is 8.29. The van der Waals surface area contributed by atoms with Crippen LogP contribution in [0, 0.1) is 10.1 Å². The number of nitrogens with one attached hydrogen (secondary N) is 1. The first kappa shape index (κ1) is 20.3. The molecule has 0 saturated carbocycles. The Balaban J connectivity index is 1.68. The standard InChI is InChI=1S/C17H19ClN4O5S/c1-27-16-5-4-13(11-14(16)18)28(25,26)21-9-6-12(7-10-21)20-17-15(22(23)24)3-2-8-19-17/h2-5,8,11-12H,6-7,9-10H2,1H3,(H,19,20). The maximum atomic E-state index is 12.9. The Morgan fingerprint density at radius 2 is 2.04 bits per heavy atom. The minimum atomic E-state index is -3.69. The van der Waals surface area contributed by atoms with E-state index in [2.05, 4.69) is 10.3 Å². The largest absolute Gasteiger partial charge is 0.495 e. The van der Waals surface area contributed by atoms with Crippen LogP contribution in [-0.2, 0) is 10.0 Å². The molecular weight excluding hydrogens is 408 g/mol. The molecule has 150 valence electrons. The lowest BCUT2D eigenvalue weighted by Crippen LogP contribution is -2.42. The van der Waals surface area contributed by atoms with Crippen LogP contribution in [0.15, 0.2) is 41.4 Å². The second-order valence-corrected chi connectivity index (χ2v) is 8.59. The third-order valence-corrected chi connectivity index (χ3v) is 6.73. The number of halogens is 1. The third-order valence-electron chi connectivity index (χ3n) is 4.54. The van der Waals surface area contributed by atoms with Gasteiger partial charge in [0.2, 0.25) is 15.8 Å². The highest BCUT2D eigenvalue weighted by molar-refractivity contribution is 7.89. The maximum Gasteiger partial charge on any atom is 0.311 e. The molecule has 0 aliphatic carbocycles. The van der Waals surface area contributed by atoms with Crippen LogP contribution in [0.4, 0.5) is 11.5 Å². The van der Waals surface area contributed by atoms with E-state index in [0.29, 0.717) is 18.6 Å². The number of rotatable bonds is 6. The van der Waals surface area contributed by atoms with Crippen molar-refractivity contribution in [1.82, 2.24) is 9.29 Å². The van der Waals surface area contributed by atoms with Gasteiger partial charge in [-0.1, -0.05) is 11.6 Å². The molecule has 1 N–H and O–H groups in total. The Hall–Kier alpha value is -2.43. The fraction of sp³-hybridized carbons (Fsp3) is 0.353. The van der Waals surface area contributed by atoms with Crippen molar-refractivity contribution in [2.45, 2.75) is 23.8 Å². The lowest BCUT2D eigenvalue weighted by atomic mass is 10.1. The molecule has 1 aromatic carbocycles. The highest BCUT2D eigenvalue weighted by Gasteiger charge is 2.30. The minimum absolute atomic E-state index is 0.102. The smallest absolute Gasteiger partial charge is 0.311 e. The van der Waals surface area contributed by atoms with Crippen LogP contribution in [0.3, 0.4) is 0 Å². The summed E-state index contributed by atoms with van der Waals surface area (Å²) in [7, 11) is -2.23. The van der Waals surface area contributed by atoms with E-state index in [9.17, 15) is 18.5 Å². The predicted molar refractivity (Wildman–Crippen MR) is 104 cm³/mol. The number of methoxy groups -OCH3 is 1. The molecule has 1 aliphatic rings. The van der Waals surface area contributed by atoms with Gasteiger partial charge in [0.1, 0.15) is 5.75 Å². The summed E-state index contributed by atoms with van der Waals surface area (Å²) in [5.74, 6) is 0.594. The van der Waals surface area contributed by atoms with Crippen LogP contribution in [0.2, 0.25) is 5.02 Å². The average Bonchev–Trinajstić information content (AvgIpc) is 2.68. The summed E-state index contributed by atoms with van der Waals surface area (Å²) in [4.78, 5) is 14.7. The second-order valence-electron chi connectivity index (χ2n) is 6.25. The number of anilines is 1. The summed E-state index contributed by atoms with van der Waals surface area (Å²) in [5.41, 5.74) is -0.106. The first-order valence-corrected chi connectivity index (χ1v) is 10.3. The minimum Gasteiger partial charge on any atom is -0.495 e. The van der Waals surface area contributed by atoms with E-state index in [0.717, 1.165) is 0 Å². The van der Waals surface area contributed by atoms with E-state index in [4.69, 9.17) is 16.3 Å². The molecule has 9 nitrogen and oxygen atoms in total. The van der Waals surface area contributed by atoms with Gasteiger partial charge in [-0.05, 0) is 37.1 Å². The summed E-state index contributed by atoms with van der Waals surface area (Å²) in [6.07, 6.45) is 2.47. The Morgan fingerprint density at radius 3 is 2.64 bits per heavy atom. The zero-order chi connectivity index (χ0) is 20.3. The predicted octanol–water partition coefficient (Wildman–Crippen LogP) is 2.92. The van der Waals surface area contributed by atoms with Crippen molar-refractivity contribution in [2.75, 3.05) is 25.5 Å². The number of benzene rings is 1. The van der Waals surface area contributed by atoms with Crippen molar-refractivity contribution in [2.24, 2.45) is 0 Å². The fourth-order valence-corrected chi connectivity index (χ4v) is 4.86. The number of nitro groups is 1. The van der Waals surface area contributed by atoms with Crippen LogP contribution in [-0.4, -0.2) is 48.9 Å². The van der Waals surface area contributed by atoms with Gasteiger partial charge < -0.3 is 10.1 Å². The summed E-state index contributed by atoms with van der Waals surface area (Å²) in [5, 5.41) is 14.4. The van der Waals surface area contributed by atoms with E-state index in [1.807, 2.05) is 0 Å². The van der Waals surface area contributed by atoms with Gasteiger partial charge in [0.05, 0.1) is 22.0 Å². The highest BCUT2D eigenvalue weighted by Crippen LogP contribution is 2.30. The molecule has 0 bridgehead atoms.